The van der Waals surface area contributed by atoms with Gasteiger partial charge < -0.3 is 29.6 Å². The molecule has 12 heteroatoms. The molecule has 0 radical (unpaired) electrons. The smallest absolute Gasteiger partial charge is 0.412 e. The van der Waals surface area contributed by atoms with Crippen molar-refractivity contribution in [2.75, 3.05) is 18.5 Å². The van der Waals surface area contributed by atoms with E-state index in [0.717, 1.165) is 4.57 Å². The van der Waals surface area contributed by atoms with Crippen molar-refractivity contribution < 1.29 is 34.4 Å². The zero-order chi connectivity index (χ0) is 20.1. The molecule has 1 aliphatic heterocycles. The highest BCUT2D eigenvalue weighted by Crippen LogP contribution is 2.28. The van der Waals surface area contributed by atoms with Crippen LogP contribution in [0.25, 0.3) is 0 Å². The molecule has 0 aliphatic carbocycles. The maximum absolute atomic E-state index is 12.2. The van der Waals surface area contributed by atoms with E-state index < -0.39 is 42.9 Å². The first kappa shape index (κ1) is 21.7. The van der Waals surface area contributed by atoms with Gasteiger partial charge in [0.2, 0.25) is 0 Å². The maximum Gasteiger partial charge on any atom is 0.412 e. The third-order valence-electron chi connectivity index (χ3n) is 3.83. The van der Waals surface area contributed by atoms with Crippen molar-refractivity contribution in [1.29, 1.82) is 0 Å². The van der Waals surface area contributed by atoms with Crippen LogP contribution in [-0.4, -0.2) is 68.3 Å². The van der Waals surface area contributed by atoms with Crippen LogP contribution in [-0.2, 0) is 14.3 Å². The molecule has 4 N–H and O–H groups in total. The fourth-order valence-electron chi connectivity index (χ4n) is 2.44. The Bertz CT molecular complexity index is 755. The van der Waals surface area contributed by atoms with Gasteiger partial charge in [-0.15, -0.1) is 0 Å². The second kappa shape index (κ2) is 9.54. The quantitative estimate of drug-likeness (QED) is 0.284. The summed E-state index contributed by atoms with van der Waals surface area (Å²) in [6.45, 7) is 0.957. The summed E-state index contributed by atoms with van der Waals surface area (Å²) in [5, 5.41) is 31.3. The Morgan fingerprint density at radius 3 is 2.70 bits per heavy atom. The molecule has 0 bridgehead atoms. The van der Waals surface area contributed by atoms with Gasteiger partial charge in [-0.05, 0) is 35.9 Å². The van der Waals surface area contributed by atoms with Crippen LogP contribution in [0.1, 0.15) is 26.0 Å². The number of nitrogens with zero attached hydrogens (tertiary/aromatic N) is 2. The summed E-state index contributed by atoms with van der Waals surface area (Å²) in [6.07, 6.45) is -3.88. The molecule has 27 heavy (non-hydrogen) atoms. The summed E-state index contributed by atoms with van der Waals surface area (Å²) in [5.41, 5.74) is -0.836. The third-order valence-corrected chi connectivity index (χ3v) is 4.61. The van der Waals surface area contributed by atoms with Gasteiger partial charge in [-0.25, -0.2) is 9.59 Å². The van der Waals surface area contributed by atoms with E-state index in [1.165, 1.54) is 13.1 Å². The number of aliphatic hydroxyl groups excluding tert-OH is 3. The Balaban J connectivity index is 2.05. The maximum atomic E-state index is 12.2. The van der Waals surface area contributed by atoms with Crippen molar-refractivity contribution in [3.05, 3.63) is 20.3 Å². The largest absolute Gasteiger partial charge is 0.449 e. The van der Waals surface area contributed by atoms with Crippen molar-refractivity contribution in [2.45, 2.75) is 44.3 Å². The van der Waals surface area contributed by atoms with Gasteiger partial charge in [-0.3, -0.25) is 9.88 Å². The minimum Gasteiger partial charge on any atom is -0.449 e. The number of ether oxygens (including phenoxy) is 2. The average molecular weight is 497 g/mol. The Morgan fingerprint density at radius 1 is 1.41 bits per heavy atom. The molecule has 1 aromatic rings. The number of anilines is 1. The molecule has 1 aromatic heterocycles. The van der Waals surface area contributed by atoms with Gasteiger partial charge in [0.25, 0.3) is 0 Å². The summed E-state index contributed by atoms with van der Waals surface area (Å²) >= 11 is 1.82. The lowest BCUT2D eigenvalue weighted by Crippen LogP contribution is -2.36. The number of ketones is 1. The standard InChI is InChI=1S/C15H20IN3O8/c1-7(21)3-2-4-26-15(25)18-12-8(16)5-19(14(24)17-12)13-11(23)10(22)9(6-20)27-13/h5,9-11,13,20,22-23H,2-4,6H2,1H3,(H,17,18,24,25)/t9-,10-,11-,13?/m1/s1. The van der Waals surface area contributed by atoms with Crippen LogP contribution in [0.3, 0.4) is 0 Å². The molecule has 1 unspecified atom stereocenters. The number of halogens is 1. The first-order valence-electron chi connectivity index (χ1n) is 8.09. The topological polar surface area (TPSA) is 160 Å². The van der Waals surface area contributed by atoms with Crippen LogP contribution in [0.2, 0.25) is 0 Å². The van der Waals surface area contributed by atoms with Gasteiger partial charge in [0.05, 0.1) is 16.8 Å². The van der Waals surface area contributed by atoms with Crippen molar-refractivity contribution in [1.82, 2.24) is 9.55 Å². The number of Topliss-reactive ketones (excluding diaryl/α,β-unsaturated/α-hetero) is 1. The monoisotopic (exact) mass is 497 g/mol. The van der Waals surface area contributed by atoms with Crippen LogP contribution in [0, 0.1) is 3.57 Å². The Kier molecular flexibility index (Phi) is 7.67. The molecule has 1 saturated heterocycles. The predicted molar refractivity (Wildman–Crippen MR) is 99.1 cm³/mol. The zero-order valence-corrected chi connectivity index (χ0v) is 16.5. The minimum absolute atomic E-state index is 0.0105. The molecule has 2 rings (SSSR count). The lowest BCUT2D eigenvalue weighted by Gasteiger charge is -2.18. The predicted octanol–water partition coefficient (Wildman–Crippen LogP) is -0.623. The number of aliphatic hydroxyl groups is 3. The van der Waals surface area contributed by atoms with Gasteiger partial charge in [0.1, 0.15) is 24.1 Å². The minimum atomic E-state index is -1.43. The highest BCUT2D eigenvalue weighted by molar-refractivity contribution is 14.1. The summed E-state index contributed by atoms with van der Waals surface area (Å²) in [4.78, 5) is 38.5. The normalized spacial score (nSPS) is 24.6. The number of carbonyl (C=O) groups is 2. The van der Waals surface area contributed by atoms with E-state index in [0.29, 0.717) is 16.4 Å². The molecule has 1 aliphatic rings. The Morgan fingerprint density at radius 2 is 2.11 bits per heavy atom. The molecule has 150 valence electrons. The van der Waals surface area contributed by atoms with Gasteiger partial charge in [-0.1, -0.05) is 0 Å². The first-order valence-corrected chi connectivity index (χ1v) is 9.16. The number of aromatic nitrogens is 2. The summed E-state index contributed by atoms with van der Waals surface area (Å²) in [5.74, 6) is -0.0520. The third kappa shape index (κ3) is 5.44. The summed E-state index contributed by atoms with van der Waals surface area (Å²) in [6, 6.07) is 0. The van der Waals surface area contributed by atoms with Crippen molar-refractivity contribution in [3.63, 3.8) is 0 Å². The van der Waals surface area contributed by atoms with E-state index in [4.69, 9.17) is 14.6 Å². The molecule has 0 spiro atoms. The molecule has 2 heterocycles. The SMILES string of the molecule is CC(=O)CCCOC(=O)Nc1nc(=O)n(C2O[C@H](CO)[C@@H](O)[C@H]2O)cc1I. The van der Waals surface area contributed by atoms with E-state index in [1.54, 1.807) is 0 Å². The Hall–Kier alpha value is -1.61. The van der Waals surface area contributed by atoms with Gasteiger partial charge in [0.15, 0.2) is 12.0 Å². The Labute approximate surface area is 167 Å². The van der Waals surface area contributed by atoms with Crippen LogP contribution < -0.4 is 11.0 Å². The number of hydrogen-bond donors (Lipinski definition) is 4. The van der Waals surface area contributed by atoms with Crippen molar-refractivity contribution >= 4 is 40.3 Å². The van der Waals surface area contributed by atoms with E-state index in [-0.39, 0.29) is 18.2 Å². The second-order valence-corrected chi connectivity index (χ2v) is 7.08. The number of amides is 1. The van der Waals surface area contributed by atoms with Gasteiger partial charge >= 0.3 is 11.8 Å². The van der Waals surface area contributed by atoms with Crippen LogP contribution in [0.4, 0.5) is 10.6 Å². The summed E-state index contributed by atoms with van der Waals surface area (Å²) in [7, 11) is 0. The number of hydrogen-bond acceptors (Lipinski definition) is 9. The fourth-order valence-corrected chi connectivity index (χ4v) is 3.00. The van der Waals surface area contributed by atoms with Crippen LogP contribution in [0.5, 0.6) is 0 Å². The highest BCUT2D eigenvalue weighted by atomic mass is 127. The first-order chi connectivity index (χ1) is 12.7. The van der Waals surface area contributed by atoms with Gasteiger partial charge in [-0.2, -0.15) is 4.98 Å². The lowest BCUT2D eigenvalue weighted by atomic mass is 10.1. The average Bonchev–Trinajstić information content (AvgIpc) is 2.89. The zero-order valence-electron chi connectivity index (χ0n) is 14.4. The molecule has 4 atom stereocenters. The molecular weight excluding hydrogens is 477 g/mol. The van der Waals surface area contributed by atoms with Crippen molar-refractivity contribution in [3.8, 4) is 0 Å². The second-order valence-electron chi connectivity index (χ2n) is 5.92. The lowest BCUT2D eigenvalue weighted by molar-refractivity contribution is -0.117. The molecule has 0 aromatic carbocycles. The molecular formula is C15H20IN3O8. The molecule has 0 saturated carbocycles. The molecule has 11 nitrogen and oxygen atoms in total. The van der Waals surface area contributed by atoms with E-state index in [1.807, 2.05) is 22.6 Å². The number of nitrogens with one attached hydrogen (secondary N) is 1. The molecule has 1 fully saturated rings. The highest BCUT2D eigenvalue weighted by Gasteiger charge is 2.43. The van der Waals surface area contributed by atoms with E-state index in [2.05, 4.69) is 10.3 Å². The number of rotatable bonds is 7. The van der Waals surface area contributed by atoms with E-state index >= 15 is 0 Å². The fraction of sp³-hybridized carbons (Fsp3) is 0.600. The molecule has 1 amide bonds. The number of carbonyl (C=O) groups excluding carboxylic acids is 2. The van der Waals surface area contributed by atoms with Crippen LogP contribution in [0.15, 0.2) is 11.0 Å². The van der Waals surface area contributed by atoms with Crippen molar-refractivity contribution in [2.24, 2.45) is 0 Å². The van der Waals surface area contributed by atoms with Gasteiger partial charge in [0, 0.05) is 12.6 Å². The summed E-state index contributed by atoms with van der Waals surface area (Å²) < 4.78 is 11.5. The van der Waals surface area contributed by atoms with Crippen LogP contribution >= 0.6 is 22.6 Å². The van der Waals surface area contributed by atoms with E-state index in [9.17, 15) is 24.6 Å².